The van der Waals surface area contributed by atoms with Crippen LogP contribution in [0.4, 0.5) is 0 Å². The van der Waals surface area contributed by atoms with Crippen molar-refractivity contribution in [2.45, 2.75) is 24.7 Å². The van der Waals surface area contributed by atoms with E-state index in [1.54, 1.807) is 4.90 Å². The number of hydrogen-bond donors (Lipinski definition) is 0. The number of nitriles is 1. The van der Waals surface area contributed by atoms with Crippen LogP contribution in [0.15, 0.2) is 79.4 Å². The topological polar surface area (TPSA) is 87.2 Å². The first-order chi connectivity index (χ1) is 18.1. The lowest BCUT2D eigenvalue weighted by Gasteiger charge is -2.17. The molecule has 2 aromatic carbocycles. The van der Waals surface area contributed by atoms with Gasteiger partial charge in [-0.25, -0.2) is 9.97 Å². The second-order valence-corrected chi connectivity index (χ2v) is 10.1. The molecule has 37 heavy (non-hydrogen) atoms. The summed E-state index contributed by atoms with van der Waals surface area (Å²) in [7, 11) is 0. The Hall–Kier alpha value is -4.57. The molecule has 1 atom stereocenters. The van der Waals surface area contributed by atoms with E-state index in [1.165, 1.54) is 5.56 Å². The van der Waals surface area contributed by atoms with Gasteiger partial charge in [-0.15, -0.1) is 0 Å². The lowest BCUT2D eigenvalue weighted by molar-refractivity contribution is 0.0790. The van der Waals surface area contributed by atoms with Crippen molar-refractivity contribution in [1.29, 1.82) is 5.26 Å². The summed E-state index contributed by atoms with van der Waals surface area (Å²) in [5.74, 6) is 0.600. The van der Waals surface area contributed by atoms with E-state index < -0.39 is 0 Å². The molecule has 3 aromatic heterocycles. The van der Waals surface area contributed by atoms with Gasteiger partial charge in [0.05, 0.1) is 29.4 Å². The minimum absolute atomic E-state index is 0.0176. The van der Waals surface area contributed by atoms with Crippen molar-refractivity contribution in [3.05, 3.63) is 96.2 Å². The van der Waals surface area contributed by atoms with Gasteiger partial charge in [0.15, 0.2) is 0 Å². The molecule has 1 amide bonds. The molecule has 0 spiro atoms. The summed E-state index contributed by atoms with van der Waals surface area (Å²) in [5.41, 5.74) is 5.95. The minimum Gasteiger partial charge on any atom is -0.337 e. The number of aromatic nitrogens is 4. The van der Waals surface area contributed by atoms with Crippen molar-refractivity contribution < 1.29 is 4.79 Å². The number of nitrogens with zero attached hydrogens (tertiary/aromatic N) is 6. The number of hydrogen-bond acceptors (Lipinski definition) is 5. The van der Waals surface area contributed by atoms with Crippen molar-refractivity contribution in [1.82, 2.24) is 24.3 Å². The monoisotopic (exact) mass is 484 g/mol. The summed E-state index contributed by atoms with van der Waals surface area (Å²) >= 11 is 0. The normalized spacial score (nSPS) is 18.2. The summed E-state index contributed by atoms with van der Waals surface area (Å²) in [4.78, 5) is 28.3. The molecule has 7 rings (SSSR count). The molecule has 7 heteroatoms. The zero-order valence-corrected chi connectivity index (χ0v) is 20.2. The van der Waals surface area contributed by atoms with Crippen molar-refractivity contribution in [2.75, 3.05) is 13.1 Å². The largest absolute Gasteiger partial charge is 0.337 e. The molecule has 1 aliphatic carbocycles. The number of benzene rings is 2. The van der Waals surface area contributed by atoms with Crippen molar-refractivity contribution in [2.24, 2.45) is 5.92 Å². The summed E-state index contributed by atoms with van der Waals surface area (Å²) in [6.45, 7) is 1.15. The first-order valence-electron chi connectivity index (χ1n) is 12.6. The Labute approximate surface area is 214 Å². The Bertz CT molecular complexity index is 1710. The van der Waals surface area contributed by atoms with Crippen LogP contribution in [0.1, 0.15) is 40.9 Å². The van der Waals surface area contributed by atoms with Gasteiger partial charge in [0.25, 0.3) is 5.91 Å². The van der Waals surface area contributed by atoms with E-state index in [4.69, 9.17) is 5.26 Å². The average molecular weight is 485 g/mol. The fourth-order valence-electron chi connectivity index (χ4n) is 5.61. The summed E-state index contributed by atoms with van der Waals surface area (Å²) < 4.78 is 2.11. The summed E-state index contributed by atoms with van der Waals surface area (Å²) in [6, 6.07) is 20.5. The molecule has 4 heterocycles. The molecule has 0 N–H and O–H groups in total. The molecule has 1 aliphatic heterocycles. The standard InChI is InChI=1S/C30H24N6O/c31-15-20-9-13-35(18-20)28(37)22-5-3-21(4-6-22)24-16-33-29-34-17-27(36(29)19-24)30(10-11-30)25-7-8-26-23(14-25)2-1-12-32-26/h1-8,12,14,16-17,19-20H,9-11,13,18H2/t20-/m0/s1. The van der Waals surface area contributed by atoms with Crippen molar-refractivity contribution in [3.8, 4) is 17.2 Å². The van der Waals surface area contributed by atoms with Gasteiger partial charge in [-0.3, -0.25) is 14.2 Å². The number of amides is 1. The molecule has 0 bridgehead atoms. The number of carbonyl (C=O) groups is 1. The number of carbonyl (C=O) groups excluding carboxylic acids is 1. The van der Waals surface area contributed by atoms with Crippen LogP contribution in [0, 0.1) is 17.2 Å². The predicted molar refractivity (Wildman–Crippen MR) is 140 cm³/mol. The number of likely N-dealkylation sites (tertiary alicyclic amines) is 1. The minimum atomic E-state index is -0.0724. The van der Waals surface area contributed by atoms with Gasteiger partial charge in [-0.2, -0.15) is 5.26 Å². The molecule has 7 nitrogen and oxygen atoms in total. The SMILES string of the molecule is N#C[C@@H]1CCN(C(=O)c2ccc(-c3cnc4ncc(C5(c6ccc7ncccc7c6)CC5)n4c3)cc2)C1. The highest BCUT2D eigenvalue weighted by atomic mass is 16.2. The molecule has 0 radical (unpaired) electrons. The highest BCUT2D eigenvalue weighted by molar-refractivity contribution is 5.95. The summed E-state index contributed by atoms with van der Waals surface area (Å²) in [5, 5.41) is 10.3. The van der Waals surface area contributed by atoms with Gasteiger partial charge in [0, 0.05) is 53.6 Å². The van der Waals surface area contributed by atoms with E-state index in [-0.39, 0.29) is 17.2 Å². The van der Waals surface area contributed by atoms with E-state index in [0.717, 1.165) is 47.0 Å². The molecular weight excluding hydrogens is 460 g/mol. The molecule has 2 fully saturated rings. The maximum atomic E-state index is 12.9. The first kappa shape index (κ1) is 21.7. The maximum Gasteiger partial charge on any atom is 0.253 e. The molecule has 1 saturated heterocycles. The zero-order chi connectivity index (χ0) is 25.0. The molecule has 180 valence electrons. The quantitative estimate of drug-likeness (QED) is 0.358. The fourth-order valence-corrected chi connectivity index (χ4v) is 5.61. The highest BCUT2D eigenvalue weighted by Gasteiger charge is 2.48. The van der Waals surface area contributed by atoms with Crippen LogP contribution in [0.3, 0.4) is 0 Å². The van der Waals surface area contributed by atoms with Crippen LogP contribution < -0.4 is 0 Å². The second-order valence-electron chi connectivity index (χ2n) is 10.1. The molecular formula is C30H24N6O. The van der Waals surface area contributed by atoms with Crippen LogP contribution >= 0.6 is 0 Å². The van der Waals surface area contributed by atoms with Crippen molar-refractivity contribution in [3.63, 3.8) is 0 Å². The van der Waals surface area contributed by atoms with Gasteiger partial charge in [0.2, 0.25) is 5.78 Å². The lowest BCUT2D eigenvalue weighted by Crippen LogP contribution is -2.28. The van der Waals surface area contributed by atoms with Gasteiger partial charge in [-0.05, 0) is 60.7 Å². The molecule has 1 saturated carbocycles. The van der Waals surface area contributed by atoms with Crippen LogP contribution in [0.25, 0.3) is 27.8 Å². The number of rotatable bonds is 4. The zero-order valence-electron chi connectivity index (χ0n) is 20.2. The maximum absolute atomic E-state index is 12.9. The van der Waals surface area contributed by atoms with Crippen LogP contribution in [0.5, 0.6) is 0 Å². The Morgan fingerprint density at radius 2 is 1.84 bits per heavy atom. The molecule has 2 aliphatic rings. The van der Waals surface area contributed by atoms with Gasteiger partial charge >= 0.3 is 0 Å². The van der Waals surface area contributed by atoms with E-state index in [1.807, 2.05) is 48.9 Å². The number of pyridine rings is 1. The second kappa shape index (κ2) is 8.24. The van der Waals surface area contributed by atoms with E-state index in [0.29, 0.717) is 24.4 Å². The van der Waals surface area contributed by atoms with E-state index in [9.17, 15) is 4.79 Å². The number of fused-ring (bicyclic) bond motifs is 2. The smallest absolute Gasteiger partial charge is 0.253 e. The van der Waals surface area contributed by atoms with Crippen LogP contribution in [0.2, 0.25) is 0 Å². The van der Waals surface area contributed by atoms with Crippen molar-refractivity contribution >= 4 is 22.6 Å². The Kier molecular flexibility index (Phi) is 4.83. The third-order valence-corrected chi connectivity index (χ3v) is 7.88. The average Bonchev–Trinajstić information content (AvgIpc) is 3.41. The third kappa shape index (κ3) is 3.56. The van der Waals surface area contributed by atoms with Gasteiger partial charge in [0.1, 0.15) is 0 Å². The fraction of sp³-hybridized carbons (Fsp3) is 0.233. The number of imidazole rings is 1. The van der Waals surface area contributed by atoms with Crippen LogP contribution in [-0.2, 0) is 5.41 Å². The van der Waals surface area contributed by atoms with Gasteiger partial charge in [-0.1, -0.05) is 24.3 Å². The molecule has 5 aromatic rings. The predicted octanol–water partition coefficient (Wildman–Crippen LogP) is 5.01. The summed E-state index contributed by atoms with van der Waals surface area (Å²) in [6.07, 6.45) is 10.6. The van der Waals surface area contributed by atoms with Gasteiger partial charge < -0.3 is 4.90 Å². The van der Waals surface area contributed by atoms with E-state index >= 15 is 0 Å². The lowest BCUT2D eigenvalue weighted by atomic mass is 9.91. The third-order valence-electron chi connectivity index (χ3n) is 7.88. The highest BCUT2D eigenvalue weighted by Crippen LogP contribution is 2.53. The Balaban J connectivity index is 1.21. The Morgan fingerprint density at radius 1 is 1.00 bits per heavy atom. The first-order valence-corrected chi connectivity index (χ1v) is 12.6. The van der Waals surface area contributed by atoms with Crippen LogP contribution in [-0.4, -0.2) is 43.2 Å². The molecule has 0 unspecified atom stereocenters. The van der Waals surface area contributed by atoms with E-state index in [2.05, 4.69) is 55.9 Å². The Morgan fingerprint density at radius 3 is 2.62 bits per heavy atom.